The largest absolute Gasteiger partial charge is 0.461 e. The molecule has 2 aliphatic heterocycles. The Morgan fingerprint density at radius 1 is 1.30 bits per heavy atom. The Morgan fingerprint density at radius 2 is 2.09 bits per heavy atom. The van der Waals surface area contributed by atoms with E-state index in [1.165, 1.54) is 0 Å². The highest BCUT2D eigenvalue weighted by Gasteiger charge is 2.38. The van der Waals surface area contributed by atoms with Gasteiger partial charge in [0, 0.05) is 17.4 Å². The lowest BCUT2D eigenvalue weighted by molar-refractivity contribution is -0.145. The van der Waals surface area contributed by atoms with Gasteiger partial charge in [0.1, 0.15) is 17.7 Å². The predicted octanol–water partition coefficient (Wildman–Crippen LogP) is 3.36. The number of hydrogen-bond acceptors (Lipinski definition) is 5. The highest BCUT2D eigenvalue weighted by atomic mass is 35.5. The van der Waals surface area contributed by atoms with Crippen LogP contribution in [0.4, 0.5) is 0 Å². The van der Waals surface area contributed by atoms with Crippen molar-refractivity contribution < 1.29 is 13.9 Å². The Hall–Kier alpha value is -1.59. The molecule has 1 aromatic heterocycles. The number of hydrogen-bond donors (Lipinski definition) is 0. The fourth-order valence-electron chi connectivity index (χ4n) is 3.58. The van der Waals surface area contributed by atoms with Gasteiger partial charge < -0.3 is 9.15 Å². The average Bonchev–Trinajstić information content (AvgIpc) is 3.10. The van der Waals surface area contributed by atoms with Crippen LogP contribution in [-0.4, -0.2) is 41.1 Å². The molecule has 3 heterocycles. The molecule has 0 bridgehead atoms. The first-order valence-corrected chi connectivity index (χ1v) is 8.48. The van der Waals surface area contributed by atoms with Gasteiger partial charge in [0.15, 0.2) is 11.5 Å². The molecule has 1 aromatic carbocycles. The number of carbonyl (C=O) groups excluding carboxylic acids is 1. The fraction of sp³-hybridized carbons (Fsp3) is 0.529. The van der Waals surface area contributed by atoms with E-state index in [0.29, 0.717) is 10.9 Å². The third kappa shape index (κ3) is 2.83. The van der Waals surface area contributed by atoms with Gasteiger partial charge in [0.05, 0.1) is 0 Å². The van der Waals surface area contributed by atoms with Crippen molar-refractivity contribution in [1.29, 1.82) is 0 Å². The molecule has 0 radical (unpaired) electrons. The van der Waals surface area contributed by atoms with Gasteiger partial charge in [0.25, 0.3) is 0 Å². The summed E-state index contributed by atoms with van der Waals surface area (Å²) in [5.41, 5.74) is 1.59. The van der Waals surface area contributed by atoms with Crippen LogP contribution in [0, 0.1) is 0 Å². The number of rotatable bonds is 2. The standard InChI is InChI=1S/C17H19ClN2O3/c1-10-8-14(17(21)22-10)20-6-4-11(5-7-20)16-19-13-9-12(18)2-3-15(13)23-16/h2-3,9-11,14H,4-8H2,1H3/t10-,14-/m1/s1. The van der Waals surface area contributed by atoms with Crippen molar-refractivity contribution in [2.24, 2.45) is 0 Å². The second-order valence-corrected chi connectivity index (χ2v) is 6.91. The number of nitrogens with zero attached hydrogens (tertiary/aromatic N) is 2. The number of esters is 1. The Labute approximate surface area is 139 Å². The first kappa shape index (κ1) is 15.0. The van der Waals surface area contributed by atoms with Gasteiger partial charge in [-0.25, -0.2) is 4.98 Å². The van der Waals surface area contributed by atoms with E-state index >= 15 is 0 Å². The second kappa shape index (κ2) is 5.80. The minimum atomic E-state index is -0.0764. The number of oxazole rings is 1. The van der Waals surface area contributed by atoms with Crippen LogP contribution in [-0.2, 0) is 9.53 Å². The molecule has 2 aliphatic rings. The summed E-state index contributed by atoms with van der Waals surface area (Å²) in [6.07, 6.45) is 2.72. The number of ether oxygens (including phenoxy) is 1. The van der Waals surface area contributed by atoms with Crippen LogP contribution in [0.3, 0.4) is 0 Å². The van der Waals surface area contributed by atoms with Crippen molar-refractivity contribution >= 4 is 28.7 Å². The zero-order valence-corrected chi connectivity index (χ0v) is 13.8. The average molecular weight is 335 g/mol. The van der Waals surface area contributed by atoms with Crippen LogP contribution in [0.2, 0.25) is 5.02 Å². The van der Waals surface area contributed by atoms with Crippen LogP contribution in [0.1, 0.15) is 38.0 Å². The molecule has 0 unspecified atom stereocenters. The molecule has 4 rings (SSSR count). The third-order valence-corrected chi connectivity index (χ3v) is 5.07. The van der Waals surface area contributed by atoms with Crippen LogP contribution in [0.5, 0.6) is 0 Å². The minimum absolute atomic E-state index is 0.0343. The van der Waals surface area contributed by atoms with Crippen molar-refractivity contribution in [1.82, 2.24) is 9.88 Å². The lowest BCUT2D eigenvalue weighted by atomic mass is 9.95. The molecule has 23 heavy (non-hydrogen) atoms. The van der Waals surface area contributed by atoms with E-state index in [-0.39, 0.29) is 18.1 Å². The van der Waals surface area contributed by atoms with Crippen LogP contribution < -0.4 is 0 Å². The number of benzene rings is 1. The molecule has 5 nitrogen and oxygen atoms in total. The molecule has 0 spiro atoms. The summed E-state index contributed by atoms with van der Waals surface area (Å²) in [7, 11) is 0. The first-order chi connectivity index (χ1) is 11.1. The summed E-state index contributed by atoms with van der Waals surface area (Å²) >= 11 is 6.00. The quantitative estimate of drug-likeness (QED) is 0.788. The molecule has 2 saturated heterocycles. The highest BCUT2D eigenvalue weighted by molar-refractivity contribution is 6.31. The smallest absolute Gasteiger partial charge is 0.323 e. The van der Waals surface area contributed by atoms with E-state index in [0.717, 1.165) is 49.3 Å². The van der Waals surface area contributed by atoms with Crippen LogP contribution in [0.15, 0.2) is 22.6 Å². The van der Waals surface area contributed by atoms with Crippen molar-refractivity contribution in [2.75, 3.05) is 13.1 Å². The molecule has 122 valence electrons. The number of halogens is 1. The van der Waals surface area contributed by atoms with Gasteiger partial charge in [-0.1, -0.05) is 11.6 Å². The second-order valence-electron chi connectivity index (χ2n) is 6.47. The Bertz CT molecular complexity index is 737. The van der Waals surface area contributed by atoms with Gasteiger partial charge in [-0.05, 0) is 51.1 Å². The summed E-state index contributed by atoms with van der Waals surface area (Å²) in [5.74, 6) is 1.00. The fourth-order valence-corrected chi connectivity index (χ4v) is 3.75. The van der Waals surface area contributed by atoms with Crippen LogP contribution in [0.25, 0.3) is 11.1 Å². The first-order valence-electron chi connectivity index (χ1n) is 8.10. The third-order valence-electron chi connectivity index (χ3n) is 4.83. The molecule has 6 heteroatoms. The Balaban J connectivity index is 1.45. The topological polar surface area (TPSA) is 55.6 Å². The maximum Gasteiger partial charge on any atom is 0.323 e. The minimum Gasteiger partial charge on any atom is -0.461 e. The predicted molar refractivity (Wildman–Crippen MR) is 86.5 cm³/mol. The Kier molecular flexibility index (Phi) is 3.77. The van der Waals surface area contributed by atoms with Gasteiger partial charge in [0.2, 0.25) is 0 Å². The van der Waals surface area contributed by atoms with E-state index in [2.05, 4.69) is 9.88 Å². The summed E-state index contributed by atoms with van der Waals surface area (Å²) in [5, 5.41) is 0.668. The van der Waals surface area contributed by atoms with Gasteiger partial charge in [-0.3, -0.25) is 9.69 Å². The monoisotopic (exact) mass is 334 g/mol. The highest BCUT2D eigenvalue weighted by Crippen LogP contribution is 2.33. The Morgan fingerprint density at radius 3 is 2.78 bits per heavy atom. The van der Waals surface area contributed by atoms with Gasteiger partial charge in [-0.2, -0.15) is 0 Å². The van der Waals surface area contributed by atoms with E-state index in [1.54, 1.807) is 0 Å². The van der Waals surface area contributed by atoms with Gasteiger partial charge >= 0.3 is 5.97 Å². The molecular formula is C17H19ClN2O3. The molecular weight excluding hydrogens is 316 g/mol. The number of fused-ring (bicyclic) bond motifs is 1. The maximum atomic E-state index is 11.9. The molecule has 2 atom stereocenters. The molecule has 0 amide bonds. The normalized spacial score (nSPS) is 26.8. The molecule has 2 fully saturated rings. The maximum absolute atomic E-state index is 11.9. The van der Waals surface area contributed by atoms with Crippen molar-refractivity contribution in [2.45, 2.75) is 44.2 Å². The van der Waals surface area contributed by atoms with Crippen molar-refractivity contribution in [3.8, 4) is 0 Å². The summed E-state index contributed by atoms with van der Waals surface area (Å²) < 4.78 is 11.1. The van der Waals surface area contributed by atoms with E-state index in [9.17, 15) is 4.79 Å². The molecule has 0 saturated carbocycles. The van der Waals surface area contributed by atoms with Crippen molar-refractivity contribution in [3.05, 3.63) is 29.1 Å². The number of cyclic esters (lactones) is 1. The number of aromatic nitrogens is 1. The van der Waals surface area contributed by atoms with Gasteiger partial charge in [-0.15, -0.1) is 0 Å². The summed E-state index contributed by atoms with van der Waals surface area (Å²) in [6, 6.07) is 5.43. The lowest BCUT2D eigenvalue weighted by Crippen LogP contribution is -2.43. The summed E-state index contributed by atoms with van der Waals surface area (Å²) in [4.78, 5) is 18.7. The number of likely N-dealkylation sites (tertiary alicyclic amines) is 1. The SMILES string of the molecule is C[C@@H]1C[C@@H](N2CCC(c3nc4cc(Cl)ccc4o3)CC2)C(=O)O1. The summed E-state index contributed by atoms with van der Waals surface area (Å²) in [6.45, 7) is 3.70. The zero-order chi connectivity index (χ0) is 16.0. The van der Waals surface area contributed by atoms with E-state index < -0.39 is 0 Å². The molecule has 0 N–H and O–H groups in total. The zero-order valence-electron chi connectivity index (χ0n) is 13.0. The number of carbonyl (C=O) groups is 1. The lowest BCUT2D eigenvalue weighted by Gasteiger charge is -2.33. The molecule has 2 aromatic rings. The van der Waals surface area contributed by atoms with E-state index in [4.69, 9.17) is 20.8 Å². The number of piperidine rings is 1. The van der Waals surface area contributed by atoms with Crippen molar-refractivity contribution in [3.63, 3.8) is 0 Å². The molecule has 0 aliphatic carbocycles. The van der Waals surface area contributed by atoms with Crippen LogP contribution >= 0.6 is 11.6 Å². The van der Waals surface area contributed by atoms with E-state index in [1.807, 2.05) is 25.1 Å².